The number of carbonyl (C=O) groups is 1. The van der Waals surface area contributed by atoms with Crippen LogP contribution in [0, 0.1) is 0 Å². The number of hydrogen-bond donors (Lipinski definition) is 1. The number of ether oxygens (including phenoxy) is 1. The number of carbonyl (C=O) groups excluding carboxylic acids is 1. The summed E-state index contributed by atoms with van der Waals surface area (Å²) in [5.41, 5.74) is -0.880. The lowest BCUT2D eigenvalue weighted by atomic mass is 10.4. The molecule has 1 N–H and O–H groups in total. The van der Waals surface area contributed by atoms with Crippen molar-refractivity contribution in [3.8, 4) is 0 Å². The minimum atomic E-state index is -4.40. The smallest absolute Gasteiger partial charge is 0.363 e. The molecular formula is C9H9F3N2O2S. The maximum Gasteiger partial charge on any atom is 0.434 e. The minimum absolute atomic E-state index is 0.224. The fourth-order valence-corrected chi connectivity index (χ4v) is 1.97. The van der Waals surface area contributed by atoms with Gasteiger partial charge in [-0.3, -0.25) is 4.79 Å². The third-order valence-electron chi connectivity index (χ3n) is 2.11. The van der Waals surface area contributed by atoms with Crippen LogP contribution in [0.4, 0.5) is 13.2 Å². The fourth-order valence-electron chi connectivity index (χ4n) is 1.16. The number of epoxide rings is 1. The lowest BCUT2D eigenvalue weighted by Crippen LogP contribution is -2.29. The van der Waals surface area contributed by atoms with Gasteiger partial charge >= 0.3 is 6.18 Å². The van der Waals surface area contributed by atoms with Crippen LogP contribution < -0.4 is 5.32 Å². The molecule has 4 nitrogen and oxygen atoms in total. The van der Waals surface area contributed by atoms with Gasteiger partial charge in [0.2, 0.25) is 0 Å². The fraction of sp³-hybridized carbons (Fsp3) is 0.556. The quantitative estimate of drug-likeness (QED) is 0.834. The van der Waals surface area contributed by atoms with E-state index in [2.05, 4.69) is 10.3 Å². The van der Waals surface area contributed by atoms with Crippen LogP contribution in [-0.4, -0.2) is 30.1 Å². The van der Waals surface area contributed by atoms with E-state index in [0.29, 0.717) is 18.0 Å². The Morgan fingerprint density at radius 1 is 1.65 bits per heavy atom. The van der Waals surface area contributed by atoms with E-state index < -0.39 is 11.9 Å². The molecule has 0 radical (unpaired) electrons. The highest BCUT2D eigenvalue weighted by atomic mass is 32.1. The molecule has 1 aromatic heterocycles. The summed E-state index contributed by atoms with van der Waals surface area (Å²) >= 11 is 0.938. The second kappa shape index (κ2) is 4.61. The molecule has 0 spiro atoms. The van der Waals surface area contributed by atoms with Crippen LogP contribution >= 0.6 is 11.3 Å². The van der Waals surface area contributed by atoms with Crippen molar-refractivity contribution >= 4 is 17.2 Å². The Morgan fingerprint density at radius 2 is 2.35 bits per heavy atom. The van der Waals surface area contributed by atoms with E-state index in [1.54, 1.807) is 0 Å². The predicted octanol–water partition coefficient (Wildman–Crippen LogP) is 1.22. The molecule has 1 amide bonds. The van der Waals surface area contributed by atoms with E-state index >= 15 is 0 Å². The number of nitrogens with zero attached hydrogens (tertiary/aromatic N) is 1. The number of thiazole rings is 1. The lowest BCUT2D eigenvalue weighted by molar-refractivity contribution is -0.140. The highest BCUT2D eigenvalue weighted by Gasteiger charge is 2.34. The minimum Gasteiger partial charge on any atom is -0.363 e. The van der Waals surface area contributed by atoms with E-state index in [4.69, 9.17) is 4.74 Å². The molecule has 94 valence electrons. The van der Waals surface area contributed by atoms with Gasteiger partial charge in [0.15, 0.2) is 11.8 Å². The van der Waals surface area contributed by atoms with Gasteiger partial charge in [-0.2, -0.15) is 13.2 Å². The van der Waals surface area contributed by atoms with Crippen molar-refractivity contribution in [2.45, 2.75) is 18.7 Å². The number of halogens is 3. The molecule has 1 fully saturated rings. The first-order valence-corrected chi connectivity index (χ1v) is 5.75. The monoisotopic (exact) mass is 266 g/mol. The number of alkyl halides is 3. The van der Waals surface area contributed by atoms with E-state index in [1.165, 1.54) is 0 Å². The zero-order valence-electron chi connectivity index (χ0n) is 8.58. The van der Waals surface area contributed by atoms with Crippen LogP contribution in [-0.2, 0) is 22.1 Å². The predicted molar refractivity (Wildman–Crippen MR) is 53.6 cm³/mol. The van der Waals surface area contributed by atoms with Crippen LogP contribution in [0.5, 0.6) is 0 Å². The van der Waals surface area contributed by atoms with Gasteiger partial charge in [-0.25, -0.2) is 4.98 Å². The van der Waals surface area contributed by atoms with Gasteiger partial charge < -0.3 is 10.1 Å². The summed E-state index contributed by atoms with van der Waals surface area (Å²) in [5.74, 6) is -0.224. The van der Waals surface area contributed by atoms with Crippen molar-refractivity contribution in [2.24, 2.45) is 0 Å². The molecule has 1 unspecified atom stereocenters. The summed E-state index contributed by atoms with van der Waals surface area (Å²) in [4.78, 5) is 14.6. The van der Waals surface area contributed by atoms with E-state index in [0.717, 1.165) is 16.7 Å². The topological polar surface area (TPSA) is 54.5 Å². The highest BCUT2D eigenvalue weighted by Crippen LogP contribution is 2.29. The van der Waals surface area contributed by atoms with Crippen molar-refractivity contribution < 1.29 is 22.7 Å². The number of hydrogen-bond acceptors (Lipinski definition) is 4. The Labute approximate surface area is 98.8 Å². The number of aromatic nitrogens is 1. The molecule has 0 bridgehead atoms. The van der Waals surface area contributed by atoms with Gasteiger partial charge in [0, 0.05) is 18.3 Å². The molecule has 1 aliphatic heterocycles. The van der Waals surface area contributed by atoms with Crippen LogP contribution in [0.1, 0.15) is 10.7 Å². The summed E-state index contributed by atoms with van der Waals surface area (Å²) in [6, 6.07) is 0. The summed E-state index contributed by atoms with van der Waals surface area (Å²) < 4.78 is 41.4. The first-order chi connectivity index (χ1) is 7.97. The summed E-state index contributed by atoms with van der Waals surface area (Å²) in [5, 5.41) is 3.89. The van der Waals surface area contributed by atoms with Crippen molar-refractivity contribution in [2.75, 3.05) is 13.2 Å². The first-order valence-electron chi connectivity index (χ1n) is 4.88. The Balaban J connectivity index is 1.79. The number of nitrogens with one attached hydrogen (secondary N) is 1. The van der Waals surface area contributed by atoms with Crippen molar-refractivity contribution in [1.29, 1.82) is 0 Å². The van der Waals surface area contributed by atoms with Gasteiger partial charge in [-0.1, -0.05) is 0 Å². The molecule has 0 aromatic carbocycles. The maximum atomic E-state index is 12.2. The molecule has 8 heteroatoms. The zero-order chi connectivity index (χ0) is 12.5. The number of amides is 1. The third-order valence-corrected chi connectivity index (χ3v) is 3.01. The molecule has 1 aliphatic rings. The van der Waals surface area contributed by atoms with Gasteiger partial charge in [0.25, 0.3) is 5.91 Å². The summed E-state index contributed by atoms with van der Waals surface area (Å²) in [6.45, 7) is 0.685. The highest BCUT2D eigenvalue weighted by molar-refractivity contribution is 7.09. The first kappa shape index (κ1) is 12.3. The number of rotatable bonds is 4. The molecule has 2 rings (SSSR count). The second-order valence-electron chi connectivity index (χ2n) is 3.49. The van der Waals surface area contributed by atoms with Crippen LogP contribution in [0.2, 0.25) is 0 Å². The maximum absolute atomic E-state index is 12.2. The zero-order valence-corrected chi connectivity index (χ0v) is 9.40. The van der Waals surface area contributed by atoms with Crippen molar-refractivity contribution in [3.63, 3.8) is 0 Å². The molecule has 1 saturated heterocycles. The lowest BCUT2D eigenvalue weighted by Gasteiger charge is -2.01. The Kier molecular flexibility index (Phi) is 3.34. The second-order valence-corrected chi connectivity index (χ2v) is 4.43. The van der Waals surface area contributed by atoms with E-state index in [1.807, 2.05) is 0 Å². The van der Waals surface area contributed by atoms with E-state index in [-0.39, 0.29) is 18.6 Å². The van der Waals surface area contributed by atoms with Crippen LogP contribution in [0.3, 0.4) is 0 Å². The van der Waals surface area contributed by atoms with Crippen LogP contribution in [0.15, 0.2) is 5.38 Å². The molecule has 1 aromatic rings. The molecule has 0 saturated carbocycles. The normalized spacial score (nSPS) is 19.1. The molecular weight excluding hydrogens is 257 g/mol. The van der Waals surface area contributed by atoms with Gasteiger partial charge in [0.1, 0.15) is 0 Å². The SMILES string of the molecule is O=C(NCCc1nc(C(F)(F)F)cs1)C1CO1. The summed E-state index contributed by atoms with van der Waals surface area (Å²) in [6.07, 6.45) is -4.49. The standard InChI is InChI=1S/C9H9F3N2O2S/c10-9(11,12)6-4-17-7(14-6)1-2-13-8(15)5-3-16-5/h4-5H,1-3H2,(H,13,15). The Hall–Kier alpha value is -1.15. The molecule has 17 heavy (non-hydrogen) atoms. The van der Waals surface area contributed by atoms with E-state index in [9.17, 15) is 18.0 Å². The molecule has 0 aliphatic carbocycles. The van der Waals surface area contributed by atoms with Gasteiger partial charge in [0.05, 0.1) is 11.6 Å². The average molecular weight is 266 g/mol. The average Bonchev–Trinajstić information content (AvgIpc) is 2.97. The molecule has 2 heterocycles. The van der Waals surface area contributed by atoms with Gasteiger partial charge in [-0.05, 0) is 0 Å². The third kappa shape index (κ3) is 3.40. The van der Waals surface area contributed by atoms with Crippen molar-refractivity contribution in [3.05, 3.63) is 16.1 Å². The molecule has 1 atom stereocenters. The van der Waals surface area contributed by atoms with Crippen LogP contribution in [0.25, 0.3) is 0 Å². The largest absolute Gasteiger partial charge is 0.434 e. The Morgan fingerprint density at radius 3 is 2.88 bits per heavy atom. The van der Waals surface area contributed by atoms with Gasteiger partial charge in [-0.15, -0.1) is 11.3 Å². The Bertz CT molecular complexity index is 415. The van der Waals surface area contributed by atoms with Crippen molar-refractivity contribution in [1.82, 2.24) is 10.3 Å². The summed E-state index contributed by atoms with van der Waals surface area (Å²) in [7, 11) is 0.